The van der Waals surface area contributed by atoms with Gasteiger partial charge in [0.15, 0.2) is 0 Å². The number of amides is 1. The fraction of sp³-hybridized carbons (Fsp3) is 0.120. The smallest absolute Gasteiger partial charge is 0.296 e. The van der Waals surface area contributed by atoms with Crippen LogP contribution in [0.1, 0.15) is 22.9 Å². The fourth-order valence-electron chi connectivity index (χ4n) is 3.66. The number of carbonyl (C=O) groups excluding carboxylic acids is 2. The molecule has 0 radical (unpaired) electrons. The third-order valence-corrected chi connectivity index (χ3v) is 5.11. The molecule has 1 unspecified atom stereocenters. The van der Waals surface area contributed by atoms with Gasteiger partial charge in [-0.25, -0.2) is 4.39 Å². The third kappa shape index (κ3) is 4.05. The number of hydrogen-bond acceptors (Lipinski definition) is 5. The summed E-state index contributed by atoms with van der Waals surface area (Å²) in [6.45, 7) is 3.90. The molecule has 1 saturated heterocycles. The minimum Gasteiger partial charge on any atom is -0.507 e. The Morgan fingerprint density at radius 2 is 1.94 bits per heavy atom. The van der Waals surface area contributed by atoms with E-state index in [4.69, 9.17) is 9.15 Å². The average molecular weight is 433 g/mol. The number of halogens is 1. The van der Waals surface area contributed by atoms with E-state index in [2.05, 4.69) is 6.58 Å². The van der Waals surface area contributed by atoms with Crippen LogP contribution in [-0.2, 0) is 16.1 Å². The molecular formula is C25H20FNO5. The first-order valence-electron chi connectivity index (χ1n) is 9.90. The molecule has 0 bridgehead atoms. The zero-order valence-electron chi connectivity index (χ0n) is 17.0. The summed E-state index contributed by atoms with van der Waals surface area (Å²) in [6, 6.07) is 14.4. The van der Waals surface area contributed by atoms with E-state index in [9.17, 15) is 19.1 Å². The molecule has 7 heteroatoms. The first kappa shape index (κ1) is 21.1. The molecule has 1 fully saturated rings. The summed E-state index contributed by atoms with van der Waals surface area (Å²) in [5, 5.41) is 11.0. The summed E-state index contributed by atoms with van der Waals surface area (Å²) < 4.78 is 24.8. The summed E-state index contributed by atoms with van der Waals surface area (Å²) in [7, 11) is 0. The van der Waals surface area contributed by atoms with Gasteiger partial charge in [-0.3, -0.25) is 9.59 Å². The van der Waals surface area contributed by atoms with Crippen LogP contribution in [0.5, 0.6) is 5.75 Å². The first-order chi connectivity index (χ1) is 15.5. The molecule has 1 aliphatic rings. The lowest BCUT2D eigenvalue weighted by atomic mass is 9.95. The Kier molecular flexibility index (Phi) is 5.89. The van der Waals surface area contributed by atoms with Gasteiger partial charge < -0.3 is 19.2 Å². The lowest BCUT2D eigenvalue weighted by Gasteiger charge is -2.24. The number of nitrogens with zero attached hydrogens (tertiary/aromatic N) is 1. The Balaban J connectivity index is 1.79. The molecule has 1 aromatic heterocycles. The predicted molar refractivity (Wildman–Crippen MR) is 115 cm³/mol. The van der Waals surface area contributed by atoms with Crippen LogP contribution in [0.3, 0.4) is 0 Å². The summed E-state index contributed by atoms with van der Waals surface area (Å²) >= 11 is 0. The molecule has 4 rings (SSSR count). The Bertz CT molecular complexity index is 1180. The number of likely N-dealkylation sites (tertiary alicyclic amines) is 1. The molecule has 0 aliphatic carbocycles. The van der Waals surface area contributed by atoms with E-state index in [-0.39, 0.29) is 17.9 Å². The summed E-state index contributed by atoms with van der Waals surface area (Å²) in [6.07, 6.45) is 3.06. The molecule has 1 N–H and O–H groups in total. The molecule has 6 nitrogen and oxygen atoms in total. The van der Waals surface area contributed by atoms with Crippen molar-refractivity contribution in [3.05, 3.63) is 108 Å². The van der Waals surface area contributed by atoms with Crippen LogP contribution in [0.2, 0.25) is 0 Å². The Labute approximate surface area is 183 Å². The van der Waals surface area contributed by atoms with Gasteiger partial charge in [-0.05, 0) is 54.1 Å². The van der Waals surface area contributed by atoms with Crippen molar-refractivity contribution in [1.29, 1.82) is 0 Å². The highest BCUT2D eigenvalue weighted by atomic mass is 19.1. The number of aliphatic hydroxyl groups is 1. The normalized spacial score (nSPS) is 17.5. The van der Waals surface area contributed by atoms with E-state index in [1.807, 2.05) is 0 Å². The average Bonchev–Trinajstić information content (AvgIpc) is 3.40. The molecular weight excluding hydrogens is 413 g/mol. The lowest BCUT2D eigenvalue weighted by molar-refractivity contribution is -0.140. The van der Waals surface area contributed by atoms with Gasteiger partial charge in [0.1, 0.15) is 29.7 Å². The first-order valence-corrected chi connectivity index (χ1v) is 9.90. The van der Waals surface area contributed by atoms with Crippen molar-refractivity contribution < 1.29 is 28.2 Å². The summed E-state index contributed by atoms with van der Waals surface area (Å²) in [4.78, 5) is 27.1. The maximum Gasteiger partial charge on any atom is 0.296 e. The van der Waals surface area contributed by atoms with E-state index < -0.39 is 23.5 Å². The molecule has 0 saturated carbocycles. The highest BCUT2D eigenvalue weighted by molar-refractivity contribution is 6.46. The summed E-state index contributed by atoms with van der Waals surface area (Å²) in [5.41, 5.74) is 0.573. The van der Waals surface area contributed by atoms with Gasteiger partial charge >= 0.3 is 0 Å². The van der Waals surface area contributed by atoms with Crippen LogP contribution in [-0.4, -0.2) is 28.3 Å². The van der Waals surface area contributed by atoms with Gasteiger partial charge in [-0.1, -0.05) is 24.8 Å². The van der Waals surface area contributed by atoms with E-state index in [1.54, 1.807) is 48.5 Å². The number of benzene rings is 2. The van der Waals surface area contributed by atoms with Crippen molar-refractivity contribution in [2.45, 2.75) is 12.6 Å². The Hall–Kier alpha value is -4.13. The van der Waals surface area contributed by atoms with Gasteiger partial charge in [-0.2, -0.15) is 0 Å². The number of rotatable bonds is 7. The van der Waals surface area contributed by atoms with Crippen molar-refractivity contribution in [3.63, 3.8) is 0 Å². The van der Waals surface area contributed by atoms with E-state index in [0.29, 0.717) is 29.2 Å². The van der Waals surface area contributed by atoms with Crippen LogP contribution in [0.15, 0.2) is 89.6 Å². The van der Waals surface area contributed by atoms with Crippen molar-refractivity contribution in [2.24, 2.45) is 0 Å². The van der Waals surface area contributed by atoms with Crippen LogP contribution < -0.4 is 4.74 Å². The van der Waals surface area contributed by atoms with Crippen LogP contribution >= 0.6 is 0 Å². The minimum atomic E-state index is -0.979. The van der Waals surface area contributed by atoms with Gasteiger partial charge in [0.05, 0.1) is 24.4 Å². The quantitative estimate of drug-likeness (QED) is 0.255. The van der Waals surface area contributed by atoms with E-state index >= 15 is 0 Å². The molecule has 1 aliphatic heterocycles. The number of hydrogen-bond donors (Lipinski definition) is 1. The SMILES string of the molecule is C=CCOc1ccc(C(O)=C2C(=O)C(=O)N(Cc3ccco3)C2c2cccc(F)c2)cc1. The maximum atomic E-state index is 14.0. The number of furan rings is 1. The Morgan fingerprint density at radius 3 is 2.59 bits per heavy atom. The zero-order chi connectivity index (χ0) is 22.7. The van der Waals surface area contributed by atoms with Gasteiger partial charge in [0.25, 0.3) is 11.7 Å². The number of aliphatic hydroxyl groups excluding tert-OH is 1. The second-order valence-corrected chi connectivity index (χ2v) is 7.19. The van der Waals surface area contributed by atoms with Crippen molar-refractivity contribution in [1.82, 2.24) is 4.90 Å². The standard InChI is InChI=1S/C25H20FNO5/c1-2-12-31-19-10-8-16(9-11-19)23(28)21-22(17-5-3-6-18(26)14-17)27(25(30)24(21)29)15-20-7-4-13-32-20/h2-11,13-14,22,28H,1,12,15H2. The fourth-order valence-corrected chi connectivity index (χ4v) is 3.66. The largest absolute Gasteiger partial charge is 0.507 e. The van der Waals surface area contributed by atoms with Crippen LogP contribution in [0.4, 0.5) is 4.39 Å². The third-order valence-electron chi connectivity index (χ3n) is 5.11. The van der Waals surface area contributed by atoms with Gasteiger partial charge in [0.2, 0.25) is 0 Å². The van der Waals surface area contributed by atoms with Crippen LogP contribution in [0.25, 0.3) is 5.76 Å². The van der Waals surface area contributed by atoms with Crippen LogP contribution in [0, 0.1) is 5.82 Å². The number of Topliss-reactive ketones (excluding diaryl/α,β-unsaturated/α-hetero) is 1. The van der Waals surface area contributed by atoms with Crippen molar-refractivity contribution in [2.75, 3.05) is 6.61 Å². The highest BCUT2D eigenvalue weighted by Crippen LogP contribution is 2.40. The molecule has 1 amide bonds. The molecule has 2 aromatic carbocycles. The van der Waals surface area contributed by atoms with E-state index in [0.717, 1.165) is 0 Å². The second kappa shape index (κ2) is 8.93. The minimum absolute atomic E-state index is 0.0101. The molecule has 3 aromatic rings. The van der Waals surface area contributed by atoms with Crippen molar-refractivity contribution in [3.8, 4) is 5.75 Å². The Morgan fingerprint density at radius 1 is 1.16 bits per heavy atom. The maximum absolute atomic E-state index is 14.0. The van der Waals surface area contributed by atoms with E-state index in [1.165, 1.54) is 29.4 Å². The number of ketones is 1. The van der Waals surface area contributed by atoms with Gasteiger partial charge in [-0.15, -0.1) is 0 Å². The molecule has 1 atom stereocenters. The lowest BCUT2D eigenvalue weighted by Crippen LogP contribution is -2.29. The van der Waals surface area contributed by atoms with Gasteiger partial charge in [0, 0.05) is 5.56 Å². The molecule has 162 valence electrons. The number of carbonyl (C=O) groups is 2. The molecule has 0 spiro atoms. The number of ether oxygens (including phenoxy) is 1. The van der Waals surface area contributed by atoms with Crippen molar-refractivity contribution >= 4 is 17.4 Å². The molecule has 2 heterocycles. The topological polar surface area (TPSA) is 80.0 Å². The summed E-state index contributed by atoms with van der Waals surface area (Å²) in [5.74, 6) is -1.51. The second-order valence-electron chi connectivity index (χ2n) is 7.19. The predicted octanol–water partition coefficient (Wildman–Crippen LogP) is 4.61. The monoisotopic (exact) mass is 433 g/mol. The zero-order valence-corrected chi connectivity index (χ0v) is 17.0. The highest BCUT2D eigenvalue weighted by Gasteiger charge is 2.46. The molecule has 32 heavy (non-hydrogen) atoms.